The van der Waals surface area contributed by atoms with E-state index in [0.717, 1.165) is 5.56 Å². The van der Waals surface area contributed by atoms with E-state index < -0.39 is 17.7 Å². The zero-order valence-corrected chi connectivity index (χ0v) is 28.7. The summed E-state index contributed by atoms with van der Waals surface area (Å²) >= 11 is 0. The van der Waals surface area contributed by atoms with Gasteiger partial charge in [-0.25, -0.2) is 4.79 Å². The smallest absolute Gasteiger partial charge is 0.345 e. The van der Waals surface area contributed by atoms with Crippen LogP contribution in [-0.2, 0) is 21.7 Å². The second-order valence-corrected chi connectivity index (χ2v) is 13.0. The number of nitrogens with zero attached hydrogens (tertiary/aromatic N) is 1. The van der Waals surface area contributed by atoms with Gasteiger partial charge in [0.1, 0.15) is 11.5 Å². The first kappa shape index (κ1) is 36.8. The summed E-state index contributed by atoms with van der Waals surface area (Å²) in [5, 5.41) is 48.7. The van der Waals surface area contributed by atoms with Crippen molar-refractivity contribution < 1.29 is 39.5 Å². The van der Waals surface area contributed by atoms with Crippen LogP contribution < -0.4 is 20.9 Å². The maximum absolute atomic E-state index is 13.1. The summed E-state index contributed by atoms with van der Waals surface area (Å²) in [6.45, 7) is 1.13. The number of hydrogen-bond acceptors (Lipinski definition) is 9. The van der Waals surface area contributed by atoms with E-state index >= 15 is 0 Å². The summed E-state index contributed by atoms with van der Waals surface area (Å²) in [4.78, 5) is 54.3. The lowest BCUT2D eigenvalue weighted by atomic mass is 9.86. The van der Waals surface area contributed by atoms with Gasteiger partial charge in [-0.1, -0.05) is 60.7 Å². The third kappa shape index (κ3) is 8.39. The van der Waals surface area contributed by atoms with Crippen molar-refractivity contribution in [3.63, 3.8) is 0 Å². The van der Waals surface area contributed by atoms with Crippen LogP contribution in [0.2, 0.25) is 0 Å². The van der Waals surface area contributed by atoms with E-state index in [0.29, 0.717) is 49.0 Å². The number of rotatable bonds is 13. The van der Waals surface area contributed by atoms with Crippen LogP contribution in [0.25, 0.3) is 10.9 Å². The maximum atomic E-state index is 13.1. The van der Waals surface area contributed by atoms with Crippen molar-refractivity contribution >= 4 is 28.7 Å². The highest BCUT2D eigenvalue weighted by atomic mass is 16.5. The second kappa shape index (κ2) is 16.1. The monoisotopic (exact) mass is 720 g/mol. The molecule has 5 aromatic rings. The van der Waals surface area contributed by atoms with Gasteiger partial charge in [-0.3, -0.25) is 14.4 Å². The number of phenols is 1. The third-order valence-corrected chi connectivity index (χ3v) is 9.37. The number of nitrogens with one attached hydrogen (secondary N) is 3. The number of amides is 2. The average molecular weight is 721 g/mol. The van der Waals surface area contributed by atoms with Gasteiger partial charge in [0, 0.05) is 54.8 Å². The van der Waals surface area contributed by atoms with Gasteiger partial charge in [-0.15, -0.1) is 0 Å². The maximum Gasteiger partial charge on any atom is 0.345 e. The van der Waals surface area contributed by atoms with Gasteiger partial charge in [0.05, 0.1) is 11.6 Å². The Morgan fingerprint density at radius 2 is 1.70 bits per heavy atom. The molecule has 274 valence electrons. The fraction of sp³-hybridized carbons (Fsp3) is 0.250. The van der Waals surface area contributed by atoms with Crippen LogP contribution in [0.15, 0.2) is 108 Å². The van der Waals surface area contributed by atoms with Crippen molar-refractivity contribution in [2.24, 2.45) is 0 Å². The number of aliphatic carboxylic acids is 1. The molecule has 7 N–H and O–H groups in total. The Balaban J connectivity index is 0.981. The molecule has 13 heteroatoms. The van der Waals surface area contributed by atoms with E-state index in [-0.39, 0.29) is 64.7 Å². The van der Waals surface area contributed by atoms with Gasteiger partial charge in [-0.2, -0.15) is 0 Å². The highest BCUT2D eigenvalue weighted by molar-refractivity contribution is 5.94. The predicted octanol–water partition coefficient (Wildman–Crippen LogP) is 3.18. The minimum absolute atomic E-state index is 0.0792. The summed E-state index contributed by atoms with van der Waals surface area (Å²) in [5.74, 6) is -1.85. The number of phenolic OH excluding ortho intramolecular Hbond substituents is 1. The number of aliphatic hydroxyl groups excluding tert-OH is 1. The minimum Gasteiger partial charge on any atom is -0.506 e. The van der Waals surface area contributed by atoms with Crippen LogP contribution in [0.5, 0.6) is 11.5 Å². The highest BCUT2D eigenvalue weighted by Crippen LogP contribution is 2.32. The second-order valence-electron chi connectivity index (χ2n) is 13.0. The lowest BCUT2D eigenvalue weighted by molar-refractivity contribution is -0.155. The van der Waals surface area contributed by atoms with Crippen molar-refractivity contribution in [2.45, 2.75) is 37.1 Å². The first-order valence-corrected chi connectivity index (χ1v) is 17.2. The first-order valence-electron chi connectivity index (χ1n) is 17.2. The Morgan fingerprint density at radius 3 is 2.45 bits per heavy atom. The topological polar surface area (TPSA) is 202 Å². The van der Waals surface area contributed by atoms with E-state index in [9.17, 15) is 39.6 Å². The lowest BCUT2D eigenvalue weighted by Gasteiger charge is -2.33. The molecule has 0 spiro atoms. The van der Waals surface area contributed by atoms with E-state index in [1.54, 1.807) is 59.5 Å². The molecular weight excluding hydrogens is 680 g/mol. The van der Waals surface area contributed by atoms with Crippen LogP contribution in [-0.4, -0.2) is 80.4 Å². The number of aromatic amines is 1. The number of likely N-dealkylation sites (tertiary alicyclic amines) is 1. The average Bonchev–Trinajstić information content (AvgIpc) is 3.17. The Labute approximate surface area is 304 Å². The molecule has 0 saturated carbocycles. The predicted molar refractivity (Wildman–Crippen MR) is 195 cm³/mol. The summed E-state index contributed by atoms with van der Waals surface area (Å²) in [5.41, 5.74) is -0.211. The number of piperidine rings is 1. The van der Waals surface area contributed by atoms with Crippen molar-refractivity contribution in [3.8, 4) is 11.5 Å². The number of ether oxygens (including phenoxy) is 1. The summed E-state index contributed by atoms with van der Waals surface area (Å²) in [6.07, 6.45) is 0.477. The van der Waals surface area contributed by atoms with Crippen molar-refractivity contribution in [1.29, 1.82) is 0 Å². The number of aromatic nitrogens is 1. The number of pyridine rings is 1. The Bertz CT molecular complexity index is 2160. The molecule has 6 rings (SSSR count). The lowest BCUT2D eigenvalue weighted by Crippen LogP contribution is -2.50. The van der Waals surface area contributed by atoms with E-state index in [2.05, 4.69) is 15.6 Å². The number of fused-ring (bicyclic) bond motifs is 1. The molecule has 2 unspecified atom stereocenters. The number of hydrogen-bond donors (Lipinski definition) is 7. The molecule has 1 aliphatic rings. The van der Waals surface area contributed by atoms with Crippen molar-refractivity contribution in [1.82, 2.24) is 20.5 Å². The molecule has 1 saturated heterocycles. The van der Waals surface area contributed by atoms with Gasteiger partial charge in [0.25, 0.3) is 11.8 Å². The number of carbonyl (C=O) groups is 3. The largest absolute Gasteiger partial charge is 0.506 e. The van der Waals surface area contributed by atoms with Gasteiger partial charge in [0.2, 0.25) is 11.2 Å². The molecule has 2 heterocycles. The Morgan fingerprint density at radius 1 is 0.943 bits per heavy atom. The van der Waals surface area contributed by atoms with Gasteiger partial charge >= 0.3 is 5.97 Å². The summed E-state index contributed by atoms with van der Waals surface area (Å²) in [6, 6.07) is 26.8. The number of aliphatic hydroxyl groups is 2. The molecule has 53 heavy (non-hydrogen) atoms. The number of carboxylic acids is 1. The van der Waals surface area contributed by atoms with Crippen LogP contribution in [0.1, 0.15) is 51.6 Å². The molecular formula is C40H40N4O9. The van der Waals surface area contributed by atoms with Crippen LogP contribution in [0.4, 0.5) is 0 Å². The summed E-state index contributed by atoms with van der Waals surface area (Å²) < 4.78 is 5.74. The quantitative estimate of drug-likeness (QED) is 0.0948. The molecule has 0 radical (unpaired) electrons. The molecule has 0 aliphatic carbocycles. The molecule has 13 nitrogen and oxygen atoms in total. The number of benzene rings is 4. The fourth-order valence-electron chi connectivity index (χ4n) is 6.52. The normalized spacial score (nSPS) is 16.0. The molecule has 2 amide bonds. The zero-order chi connectivity index (χ0) is 37.5. The minimum atomic E-state index is -2.31. The molecule has 0 bridgehead atoms. The standard InChI is InChI=1S/C40H40N4O9/c45-33-17-15-31(32-16-18-35(47)43-37(32)33)34(46)22-41-21-25-11-13-26(14-12-25)38(49)42-29-9-5-19-44(23-29)36(48)24-53-30-10-4-8-28(20-30)40(52,39(50)51)27-6-2-1-3-7-27/h1-4,6-8,10-18,20,29,34,41,45-46,52H,5,9,19,21-24H2,(H,42,49)(H,43,47)(H,50,51)/t29-,34?,40?/m1/s1. The third-order valence-electron chi connectivity index (χ3n) is 9.37. The van der Waals surface area contributed by atoms with Crippen LogP contribution >= 0.6 is 0 Å². The highest BCUT2D eigenvalue weighted by Gasteiger charge is 2.40. The van der Waals surface area contributed by atoms with Crippen LogP contribution in [0, 0.1) is 0 Å². The van der Waals surface area contributed by atoms with Crippen molar-refractivity contribution in [3.05, 3.63) is 141 Å². The van der Waals surface area contributed by atoms with Crippen molar-refractivity contribution in [2.75, 3.05) is 26.2 Å². The van der Waals surface area contributed by atoms with Gasteiger partial charge < -0.3 is 45.7 Å². The van der Waals surface area contributed by atoms with Gasteiger partial charge in [0.15, 0.2) is 6.61 Å². The van der Waals surface area contributed by atoms with Crippen LogP contribution in [0.3, 0.4) is 0 Å². The SMILES string of the molecule is O=C(N[C@@H]1CCCN(C(=O)COc2cccc(C(O)(C(=O)O)c3ccccc3)c2)C1)c1ccc(CNCC(O)c2ccc(O)c3[nH]c(=O)ccc23)cc1. The fourth-order valence-corrected chi connectivity index (χ4v) is 6.52. The number of carbonyl (C=O) groups excluding carboxylic acids is 2. The molecule has 4 aromatic carbocycles. The molecule has 1 fully saturated rings. The number of aromatic hydroxyl groups is 1. The molecule has 1 aliphatic heterocycles. The zero-order valence-electron chi connectivity index (χ0n) is 28.7. The number of carboxylic acid groups (broad SMARTS) is 1. The number of H-pyrrole nitrogens is 1. The summed E-state index contributed by atoms with van der Waals surface area (Å²) in [7, 11) is 0. The van der Waals surface area contributed by atoms with E-state index in [1.807, 2.05) is 12.1 Å². The van der Waals surface area contributed by atoms with Gasteiger partial charge in [-0.05, 0) is 65.9 Å². The Kier molecular flexibility index (Phi) is 11.2. The molecule has 3 atom stereocenters. The molecule has 1 aromatic heterocycles. The van der Waals surface area contributed by atoms with E-state index in [4.69, 9.17) is 4.74 Å². The Hall–Kier alpha value is -6.02. The first-order chi connectivity index (χ1) is 25.5. The van der Waals surface area contributed by atoms with E-state index in [1.165, 1.54) is 36.4 Å².